The quantitative estimate of drug-likeness (QED) is 0.263. The van der Waals surface area contributed by atoms with Gasteiger partial charge in [-0.05, 0) is 12.0 Å². The first-order valence-electron chi connectivity index (χ1n) is 12.1. The van der Waals surface area contributed by atoms with Gasteiger partial charge in [0.1, 0.15) is 11.7 Å². The van der Waals surface area contributed by atoms with Crippen molar-refractivity contribution in [2.45, 2.75) is 115 Å². The molecule has 2 atom stereocenters. The number of rotatable bonds is 19. The van der Waals surface area contributed by atoms with Crippen LogP contribution in [0.4, 0.5) is 0 Å². The highest BCUT2D eigenvalue weighted by molar-refractivity contribution is 5.84. The van der Waals surface area contributed by atoms with Crippen LogP contribution < -0.4 is 0 Å². The molecule has 2 unspecified atom stereocenters. The van der Waals surface area contributed by atoms with Gasteiger partial charge in [0.05, 0.1) is 6.61 Å². The Morgan fingerprint density at radius 2 is 1.30 bits per heavy atom. The van der Waals surface area contributed by atoms with E-state index in [1.165, 1.54) is 64.2 Å². The van der Waals surface area contributed by atoms with Crippen LogP contribution in [0, 0.1) is 0 Å². The van der Waals surface area contributed by atoms with Crippen molar-refractivity contribution < 1.29 is 20.1 Å². The molecule has 30 heavy (non-hydrogen) atoms. The molecule has 1 rings (SSSR count). The number of aliphatic hydroxyl groups is 3. The van der Waals surface area contributed by atoms with Gasteiger partial charge in [-0.3, -0.25) is 4.79 Å². The van der Waals surface area contributed by atoms with Crippen LogP contribution in [0.1, 0.15) is 102 Å². The van der Waals surface area contributed by atoms with Crippen molar-refractivity contribution in [3.63, 3.8) is 0 Å². The summed E-state index contributed by atoms with van der Waals surface area (Å²) in [6.07, 6.45) is 14.8. The second-order valence-electron chi connectivity index (χ2n) is 8.79. The Kier molecular flexibility index (Phi) is 14.7. The van der Waals surface area contributed by atoms with Gasteiger partial charge < -0.3 is 15.3 Å². The van der Waals surface area contributed by atoms with E-state index in [0.717, 1.165) is 24.8 Å². The maximum Gasteiger partial charge on any atom is 0.164 e. The van der Waals surface area contributed by atoms with Crippen LogP contribution in [0.5, 0.6) is 0 Å². The number of hydrogen-bond donors (Lipinski definition) is 3. The van der Waals surface area contributed by atoms with E-state index in [1.54, 1.807) is 0 Å². The average Bonchev–Trinajstić information content (AvgIpc) is 2.76. The van der Waals surface area contributed by atoms with Crippen molar-refractivity contribution in [2.24, 2.45) is 0 Å². The Hall–Kier alpha value is -1.23. The maximum absolute atomic E-state index is 12.3. The number of carbonyl (C=O) groups excluding carboxylic acids is 1. The number of ketones is 1. The standard InChI is InChI=1S/C26H44O4/c1-2-3-4-5-6-7-8-9-10-11-12-13-17-20-24(28)25(29)26(30,22-27)21-23-18-15-14-16-19-23/h14-16,18-19,25,27,29-30H,2-13,17,20-22H2,1H3. The van der Waals surface area contributed by atoms with E-state index in [0.29, 0.717) is 0 Å². The fourth-order valence-corrected chi connectivity index (χ4v) is 3.94. The highest BCUT2D eigenvalue weighted by atomic mass is 16.4. The number of aliphatic hydroxyl groups excluding tert-OH is 2. The highest BCUT2D eigenvalue weighted by Gasteiger charge is 2.39. The lowest BCUT2D eigenvalue weighted by Gasteiger charge is -2.30. The molecule has 4 heteroatoms. The lowest BCUT2D eigenvalue weighted by Crippen LogP contribution is -2.51. The molecular weight excluding hydrogens is 376 g/mol. The largest absolute Gasteiger partial charge is 0.393 e. The van der Waals surface area contributed by atoms with Gasteiger partial charge in [0.25, 0.3) is 0 Å². The lowest BCUT2D eigenvalue weighted by molar-refractivity contribution is -0.149. The van der Waals surface area contributed by atoms with Gasteiger partial charge >= 0.3 is 0 Å². The van der Waals surface area contributed by atoms with Crippen LogP contribution in [0.2, 0.25) is 0 Å². The van der Waals surface area contributed by atoms with Gasteiger partial charge in [-0.15, -0.1) is 0 Å². The van der Waals surface area contributed by atoms with Crippen LogP contribution in [-0.4, -0.2) is 39.4 Å². The summed E-state index contributed by atoms with van der Waals surface area (Å²) in [5, 5.41) is 30.5. The normalized spacial score (nSPS) is 14.4. The number of benzene rings is 1. The maximum atomic E-state index is 12.3. The topological polar surface area (TPSA) is 77.8 Å². The first kappa shape index (κ1) is 26.8. The summed E-state index contributed by atoms with van der Waals surface area (Å²) in [6.45, 7) is 1.60. The Labute approximate surface area is 183 Å². The zero-order valence-corrected chi connectivity index (χ0v) is 19.0. The molecule has 0 amide bonds. The SMILES string of the molecule is CCCCCCCCCCCCCCCC(=O)C(O)C(O)(CO)Cc1ccccc1. The fourth-order valence-electron chi connectivity index (χ4n) is 3.94. The van der Waals surface area contributed by atoms with Crippen molar-refractivity contribution in [1.82, 2.24) is 0 Å². The third-order valence-corrected chi connectivity index (χ3v) is 5.97. The summed E-state index contributed by atoms with van der Waals surface area (Å²) in [6, 6.07) is 9.14. The van der Waals surface area contributed by atoms with Gasteiger partial charge in [0.15, 0.2) is 5.78 Å². The molecular formula is C26H44O4. The first-order valence-corrected chi connectivity index (χ1v) is 12.1. The lowest BCUT2D eigenvalue weighted by atomic mass is 9.86. The van der Waals surface area contributed by atoms with E-state index in [1.807, 2.05) is 30.3 Å². The molecule has 0 saturated heterocycles. The average molecular weight is 421 g/mol. The molecule has 1 aromatic rings. The second-order valence-corrected chi connectivity index (χ2v) is 8.79. The Morgan fingerprint density at radius 1 is 0.833 bits per heavy atom. The van der Waals surface area contributed by atoms with Gasteiger partial charge in [0.2, 0.25) is 0 Å². The summed E-state index contributed by atoms with van der Waals surface area (Å²) in [5.41, 5.74) is -1.04. The Balaban J connectivity index is 2.11. The van der Waals surface area contributed by atoms with Crippen LogP contribution in [-0.2, 0) is 11.2 Å². The Morgan fingerprint density at radius 3 is 1.77 bits per heavy atom. The van der Waals surface area contributed by atoms with E-state index in [-0.39, 0.29) is 18.6 Å². The molecule has 0 aliphatic rings. The molecule has 3 N–H and O–H groups in total. The van der Waals surface area contributed by atoms with Gasteiger partial charge in [-0.1, -0.05) is 114 Å². The van der Waals surface area contributed by atoms with E-state index in [9.17, 15) is 20.1 Å². The molecule has 0 aromatic heterocycles. The predicted molar refractivity (Wildman–Crippen MR) is 124 cm³/mol. The van der Waals surface area contributed by atoms with E-state index in [2.05, 4.69) is 6.92 Å². The smallest absolute Gasteiger partial charge is 0.164 e. The minimum atomic E-state index is -1.82. The molecule has 0 spiro atoms. The molecule has 0 radical (unpaired) electrons. The minimum absolute atomic E-state index is 0.0514. The summed E-state index contributed by atoms with van der Waals surface area (Å²) in [5.74, 6) is -0.384. The zero-order valence-electron chi connectivity index (χ0n) is 19.0. The van der Waals surface area contributed by atoms with Crippen LogP contribution in [0.25, 0.3) is 0 Å². The summed E-state index contributed by atoms with van der Waals surface area (Å²) >= 11 is 0. The molecule has 1 aromatic carbocycles. The highest BCUT2D eigenvalue weighted by Crippen LogP contribution is 2.20. The number of carbonyl (C=O) groups is 1. The van der Waals surface area contributed by atoms with Gasteiger partial charge in [-0.25, -0.2) is 0 Å². The van der Waals surface area contributed by atoms with E-state index < -0.39 is 18.3 Å². The summed E-state index contributed by atoms with van der Waals surface area (Å²) in [7, 11) is 0. The monoisotopic (exact) mass is 420 g/mol. The zero-order chi connectivity index (χ0) is 22.1. The summed E-state index contributed by atoms with van der Waals surface area (Å²) < 4.78 is 0. The predicted octanol–water partition coefficient (Wildman–Crippen LogP) is 5.36. The van der Waals surface area contributed by atoms with Crippen molar-refractivity contribution in [3.05, 3.63) is 35.9 Å². The molecule has 0 saturated carbocycles. The van der Waals surface area contributed by atoms with Gasteiger partial charge in [0, 0.05) is 12.8 Å². The molecule has 172 valence electrons. The van der Waals surface area contributed by atoms with Crippen LogP contribution in [0.3, 0.4) is 0 Å². The van der Waals surface area contributed by atoms with E-state index in [4.69, 9.17) is 0 Å². The van der Waals surface area contributed by atoms with Crippen molar-refractivity contribution in [3.8, 4) is 0 Å². The number of Topliss-reactive ketones (excluding diaryl/α,β-unsaturated/α-hetero) is 1. The molecule has 0 bridgehead atoms. The molecule has 0 aliphatic carbocycles. The first-order chi connectivity index (χ1) is 14.5. The third kappa shape index (κ3) is 11.2. The van der Waals surface area contributed by atoms with Crippen molar-refractivity contribution >= 4 is 5.78 Å². The number of unbranched alkanes of at least 4 members (excludes halogenated alkanes) is 12. The number of hydrogen-bond acceptors (Lipinski definition) is 4. The van der Waals surface area contributed by atoms with Crippen molar-refractivity contribution in [1.29, 1.82) is 0 Å². The molecule has 0 aliphatic heterocycles. The summed E-state index contributed by atoms with van der Waals surface area (Å²) in [4.78, 5) is 12.3. The molecule has 0 heterocycles. The molecule has 0 fully saturated rings. The second kappa shape index (κ2) is 16.5. The minimum Gasteiger partial charge on any atom is -0.393 e. The van der Waals surface area contributed by atoms with Crippen LogP contribution >= 0.6 is 0 Å². The van der Waals surface area contributed by atoms with Gasteiger partial charge in [-0.2, -0.15) is 0 Å². The third-order valence-electron chi connectivity index (χ3n) is 5.97. The van der Waals surface area contributed by atoms with Crippen LogP contribution in [0.15, 0.2) is 30.3 Å². The molecule has 4 nitrogen and oxygen atoms in total. The fraction of sp³-hybridized carbons (Fsp3) is 0.731. The van der Waals surface area contributed by atoms with Crippen molar-refractivity contribution in [2.75, 3.05) is 6.61 Å². The van der Waals surface area contributed by atoms with E-state index >= 15 is 0 Å². The Bertz CT molecular complexity index is 545.